The maximum atomic E-state index is 11.9. The number of aromatic nitrogens is 1. The molecule has 0 saturated heterocycles. The lowest BCUT2D eigenvalue weighted by Gasteiger charge is -2.09. The van der Waals surface area contributed by atoms with Crippen molar-refractivity contribution in [3.8, 4) is 5.69 Å². The molecule has 1 aromatic carbocycles. The van der Waals surface area contributed by atoms with E-state index in [4.69, 9.17) is 0 Å². The van der Waals surface area contributed by atoms with Gasteiger partial charge in [0.1, 0.15) is 0 Å². The van der Waals surface area contributed by atoms with Gasteiger partial charge in [0.25, 0.3) is 0 Å². The highest BCUT2D eigenvalue weighted by Gasteiger charge is 2.09. The van der Waals surface area contributed by atoms with E-state index in [-0.39, 0.29) is 18.4 Å². The zero-order valence-corrected chi connectivity index (χ0v) is 15.2. The molecule has 0 spiro atoms. The number of nitrogens with one attached hydrogen (secondary N) is 2. The number of benzene rings is 1. The first-order valence-electron chi connectivity index (χ1n) is 8.41. The maximum Gasteiger partial charge on any atom is 0.244 e. The molecule has 0 bridgehead atoms. The number of hydrogen-bond acceptors (Lipinski definition) is 2. The average molecular weight is 339 g/mol. The number of carbonyl (C=O) groups is 2. The van der Waals surface area contributed by atoms with Crippen LogP contribution in [0.25, 0.3) is 11.8 Å². The number of likely N-dealkylation sites (N-methyl/N-ethyl adjacent to an activating group) is 1. The molecule has 2 rings (SSSR count). The third-order valence-electron chi connectivity index (χ3n) is 3.97. The summed E-state index contributed by atoms with van der Waals surface area (Å²) in [4.78, 5) is 23.2. The molecule has 0 aliphatic carbocycles. The number of carbonyl (C=O) groups excluding carboxylic acids is 2. The Bertz CT molecular complexity index is 786. The molecule has 0 saturated carbocycles. The van der Waals surface area contributed by atoms with E-state index in [1.807, 2.05) is 26.8 Å². The van der Waals surface area contributed by atoms with Gasteiger partial charge in [-0.25, -0.2) is 0 Å². The number of amides is 2. The first kappa shape index (κ1) is 18.5. The Kier molecular flexibility index (Phi) is 6.17. The van der Waals surface area contributed by atoms with Crippen LogP contribution < -0.4 is 10.6 Å². The van der Waals surface area contributed by atoms with Gasteiger partial charge in [-0.05, 0) is 57.5 Å². The number of rotatable bonds is 6. The van der Waals surface area contributed by atoms with Gasteiger partial charge in [0.15, 0.2) is 0 Å². The van der Waals surface area contributed by atoms with Crippen molar-refractivity contribution in [2.75, 3.05) is 13.1 Å². The third-order valence-corrected chi connectivity index (χ3v) is 3.97. The molecule has 0 radical (unpaired) electrons. The van der Waals surface area contributed by atoms with Crippen LogP contribution in [-0.2, 0) is 9.59 Å². The van der Waals surface area contributed by atoms with E-state index in [1.54, 1.807) is 6.08 Å². The van der Waals surface area contributed by atoms with Crippen molar-refractivity contribution in [3.63, 3.8) is 0 Å². The Morgan fingerprint density at radius 3 is 2.40 bits per heavy atom. The predicted molar refractivity (Wildman–Crippen MR) is 101 cm³/mol. The summed E-state index contributed by atoms with van der Waals surface area (Å²) >= 11 is 0. The fourth-order valence-corrected chi connectivity index (χ4v) is 2.70. The minimum Gasteiger partial charge on any atom is -0.355 e. The van der Waals surface area contributed by atoms with Crippen molar-refractivity contribution in [2.45, 2.75) is 27.7 Å². The third kappa shape index (κ3) is 4.83. The summed E-state index contributed by atoms with van der Waals surface area (Å²) in [5.41, 5.74) is 5.46. The highest BCUT2D eigenvalue weighted by atomic mass is 16.2. The van der Waals surface area contributed by atoms with Crippen LogP contribution in [0.1, 0.15) is 29.4 Å². The maximum absolute atomic E-state index is 11.9. The molecule has 132 valence electrons. The van der Waals surface area contributed by atoms with Crippen LogP contribution in [0.4, 0.5) is 0 Å². The Hall–Kier alpha value is -2.82. The van der Waals surface area contributed by atoms with Gasteiger partial charge in [0.05, 0.1) is 6.54 Å². The summed E-state index contributed by atoms with van der Waals surface area (Å²) in [5, 5.41) is 5.21. The lowest BCUT2D eigenvalue weighted by molar-refractivity contribution is -0.123. The van der Waals surface area contributed by atoms with E-state index in [2.05, 4.69) is 46.4 Å². The summed E-state index contributed by atoms with van der Waals surface area (Å²) in [5.74, 6) is -0.479. The van der Waals surface area contributed by atoms with Crippen molar-refractivity contribution in [1.29, 1.82) is 0 Å². The van der Waals surface area contributed by atoms with E-state index in [9.17, 15) is 9.59 Å². The Morgan fingerprint density at radius 1 is 1.08 bits per heavy atom. The van der Waals surface area contributed by atoms with E-state index in [1.165, 1.54) is 11.6 Å². The average Bonchev–Trinajstić information content (AvgIpc) is 2.86. The molecule has 0 aliphatic rings. The molecule has 1 heterocycles. The standard InChI is InChI=1S/C20H25N3O2/c1-5-21-20(25)13-22-19(24)11-8-17-12-15(3)23(16(17)4)18-9-6-14(2)7-10-18/h6-12H,5,13H2,1-4H3,(H,21,25)(H,22,24)/b11-8+. The number of hydrogen-bond donors (Lipinski definition) is 2. The second-order valence-corrected chi connectivity index (χ2v) is 6.00. The van der Waals surface area contributed by atoms with Crippen molar-refractivity contribution in [1.82, 2.24) is 15.2 Å². The van der Waals surface area contributed by atoms with Gasteiger partial charge < -0.3 is 15.2 Å². The Labute approximate surface area is 148 Å². The van der Waals surface area contributed by atoms with Gasteiger partial charge in [-0.3, -0.25) is 9.59 Å². The summed E-state index contributed by atoms with van der Waals surface area (Å²) in [6.45, 7) is 8.50. The van der Waals surface area contributed by atoms with E-state index in [0.717, 1.165) is 22.6 Å². The molecule has 2 aromatic rings. The van der Waals surface area contributed by atoms with Gasteiger partial charge in [-0.1, -0.05) is 17.7 Å². The summed E-state index contributed by atoms with van der Waals surface area (Å²) in [6, 6.07) is 10.4. The van der Waals surface area contributed by atoms with Crippen molar-refractivity contribution >= 4 is 17.9 Å². The lowest BCUT2D eigenvalue weighted by Crippen LogP contribution is -2.35. The highest BCUT2D eigenvalue weighted by Crippen LogP contribution is 2.22. The molecule has 2 N–H and O–H groups in total. The molecule has 0 unspecified atom stereocenters. The smallest absolute Gasteiger partial charge is 0.244 e. The van der Waals surface area contributed by atoms with Crippen LogP contribution in [0, 0.1) is 20.8 Å². The summed E-state index contributed by atoms with van der Waals surface area (Å²) in [7, 11) is 0. The summed E-state index contributed by atoms with van der Waals surface area (Å²) in [6.07, 6.45) is 3.24. The molecular formula is C20H25N3O2. The van der Waals surface area contributed by atoms with Crippen LogP contribution in [0.15, 0.2) is 36.4 Å². The quantitative estimate of drug-likeness (QED) is 0.795. The number of nitrogens with zero attached hydrogens (tertiary/aromatic N) is 1. The zero-order valence-electron chi connectivity index (χ0n) is 15.2. The fraction of sp³-hybridized carbons (Fsp3) is 0.300. The first-order chi connectivity index (χ1) is 11.9. The summed E-state index contributed by atoms with van der Waals surface area (Å²) < 4.78 is 2.16. The van der Waals surface area contributed by atoms with Crippen LogP contribution in [0.2, 0.25) is 0 Å². The molecule has 25 heavy (non-hydrogen) atoms. The van der Waals surface area contributed by atoms with Crippen molar-refractivity contribution in [2.24, 2.45) is 0 Å². The number of aryl methyl sites for hydroxylation is 2. The van der Waals surface area contributed by atoms with Gasteiger partial charge in [-0.2, -0.15) is 0 Å². The lowest BCUT2D eigenvalue weighted by atomic mass is 10.2. The monoisotopic (exact) mass is 339 g/mol. The second-order valence-electron chi connectivity index (χ2n) is 6.00. The minimum absolute atomic E-state index is 0.0145. The van der Waals surface area contributed by atoms with Gasteiger partial charge in [-0.15, -0.1) is 0 Å². The van der Waals surface area contributed by atoms with Crippen LogP contribution in [0.5, 0.6) is 0 Å². The normalized spacial score (nSPS) is 10.9. The van der Waals surface area contributed by atoms with E-state index >= 15 is 0 Å². The van der Waals surface area contributed by atoms with Crippen LogP contribution in [0.3, 0.4) is 0 Å². The molecular weight excluding hydrogens is 314 g/mol. The van der Waals surface area contributed by atoms with Crippen LogP contribution >= 0.6 is 0 Å². The minimum atomic E-state index is -0.286. The highest BCUT2D eigenvalue weighted by molar-refractivity contribution is 5.94. The van der Waals surface area contributed by atoms with E-state index in [0.29, 0.717) is 6.54 Å². The first-order valence-corrected chi connectivity index (χ1v) is 8.41. The second kappa shape index (κ2) is 8.33. The zero-order chi connectivity index (χ0) is 18.4. The molecule has 0 atom stereocenters. The molecule has 5 heteroatoms. The Balaban J connectivity index is 2.10. The Morgan fingerprint density at radius 2 is 1.76 bits per heavy atom. The fourth-order valence-electron chi connectivity index (χ4n) is 2.70. The van der Waals surface area contributed by atoms with Gasteiger partial charge in [0, 0.05) is 29.7 Å². The van der Waals surface area contributed by atoms with E-state index < -0.39 is 0 Å². The molecule has 0 aliphatic heterocycles. The predicted octanol–water partition coefficient (Wildman–Crippen LogP) is 2.67. The van der Waals surface area contributed by atoms with Crippen molar-refractivity contribution in [3.05, 3.63) is 58.9 Å². The SMILES string of the molecule is CCNC(=O)CNC(=O)/C=C/c1cc(C)n(-c2ccc(C)cc2)c1C. The topological polar surface area (TPSA) is 63.1 Å². The molecule has 0 fully saturated rings. The molecule has 5 nitrogen and oxygen atoms in total. The van der Waals surface area contributed by atoms with Gasteiger partial charge >= 0.3 is 0 Å². The van der Waals surface area contributed by atoms with Crippen LogP contribution in [-0.4, -0.2) is 29.5 Å². The molecule has 1 aromatic heterocycles. The largest absolute Gasteiger partial charge is 0.355 e. The van der Waals surface area contributed by atoms with Gasteiger partial charge in [0.2, 0.25) is 11.8 Å². The van der Waals surface area contributed by atoms with Crippen molar-refractivity contribution < 1.29 is 9.59 Å². The molecule has 2 amide bonds.